The molecule has 1 amide bonds. The van der Waals surface area contributed by atoms with Crippen molar-refractivity contribution in [2.75, 3.05) is 30.3 Å². The largest absolute Gasteiger partial charge is 0.381 e. The van der Waals surface area contributed by atoms with Crippen LogP contribution in [0.4, 0.5) is 5.69 Å². The van der Waals surface area contributed by atoms with E-state index < -0.39 is 10.0 Å². The molecule has 0 aliphatic carbocycles. The number of anilines is 1. The van der Waals surface area contributed by atoms with Crippen LogP contribution < -0.4 is 9.62 Å². The van der Waals surface area contributed by atoms with Crippen molar-refractivity contribution in [3.05, 3.63) is 29.3 Å². The normalized spacial score (nSPS) is 23.8. The zero-order valence-corrected chi connectivity index (χ0v) is 14.2. The monoisotopic (exact) mass is 338 g/mol. The van der Waals surface area contributed by atoms with E-state index in [2.05, 4.69) is 5.32 Å². The number of hydrogen-bond donors (Lipinski definition) is 1. The van der Waals surface area contributed by atoms with E-state index in [1.807, 2.05) is 6.92 Å². The fourth-order valence-electron chi connectivity index (χ4n) is 3.33. The molecule has 0 aromatic heterocycles. The van der Waals surface area contributed by atoms with E-state index in [1.165, 1.54) is 10.6 Å². The molecule has 2 heterocycles. The number of hydrogen-bond acceptors (Lipinski definition) is 4. The van der Waals surface area contributed by atoms with Crippen molar-refractivity contribution in [2.45, 2.75) is 25.8 Å². The van der Waals surface area contributed by atoms with Crippen LogP contribution in [0.2, 0.25) is 0 Å². The molecule has 126 valence electrons. The van der Waals surface area contributed by atoms with E-state index in [1.54, 1.807) is 18.2 Å². The number of nitrogens with zero attached hydrogens (tertiary/aromatic N) is 1. The van der Waals surface area contributed by atoms with Gasteiger partial charge in [0.15, 0.2) is 0 Å². The lowest BCUT2D eigenvalue weighted by molar-refractivity contribution is 0.0945. The quantitative estimate of drug-likeness (QED) is 0.894. The van der Waals surface area contributed by atoms with Crippen molar-refractivity contribution in [1.82, 2.24) is 5.32 Å². The summed E-state index contributed by atoms with van der Waals surface area (Å²) in [6.45, 7) is 3.95. The smallest absolute Gasteiger partial charge is 0.251 e. The third-order valence-corrected chi connectivity index (χ3v) is 5.70. The predicted molar refractivity (Wildman–Crippen MR) is 88.2 cm³/mol. The van der Waals surface area contributed by atoms with Crippen LogP contribution in [0.1, 0.15) is 29.3 Å². The Hall–Kier alpha value is -1.60. The van der Waals surface area contributed by atoms with Gasteiger partial charge in [0.05, 0.1) is 18.6 Å². The maximum atomic E-state index is 12.3. The molecule has 1 aromatic rings. The summed E-state index contributed by atoms with van der Waals surface area (Å²) in [5.41, 5.74) is 2.16. The minimum atomic E-state index is -3.30. The number of sulfonamides is 1. The summed E-state index contributed by atoms with van der Waals surface area (Å²) >= 11 is 0. The van der Waals surface area contributed by atoms with Gasteiger partial charge >= 0.3 is 0 Å². The van der Waals surface area contributed by atoms with E-state index in [0.717, 1.165) is 18.6 Å². The number of rotatable bonds is 4. The SMILES string of the molecule is C[C@@H]1Cc2cc(C(=O)NC[C@H]3CCOC3)ccc2N1S(C)(=O)=O. The first kappa shape index (κ1) is 16.3. The van der Waals surface area contributed by atoms with E-state index >= 15 is 0 Å². The van der Waals surface area contributed by atoms with Crippen molar-refractivity contribution >= 4 is 21.6 Å². The van der Waals surface area contributed by atoms with Crippen molar-refractivity contribution in [2.24, 2.45) is 5.92 Å². The molecule has 2 aliphatic rings. The highest BCUT2D eigenvalue weighted by molar-refractivity contribution is 7.92. The Kier molecular flexibility index (Phi) is 4.33. The topological polar surface area (TPSA) is 75.7 Å². The minimum Gasteiger partial charge on any atom is -0.381 e. The second-order valence-corrected chi connectivity index (χ2v) is 8.25. The number of nitrogens with one attached hydrogen (secondary N) is 1. The Morgan fingerprint density at radius 1 is 1.43 bits per heavy atom. The number of carbonyl (C=O) groups excluding carboxylic acids is 1. The maximum Gasteiger partial charge on any atom is 0.251 e. The van der Waals surface area contributed by atoms with Gasteiger partial charge in [-0.15, -0.1) is 0 Å². The molecule has 3 rings (SSSR count). The lowest BCUT2D eigenvalue weighted by atomic mass is 10.1. The van der Waals surface area contributed by atoms with Crippen molar-refractivity contribution in [3.8, 4) is 0 Å². The van der Waals surface area contributed by atoms with Gasteiger partial charge in [-0.1, -0.05) is 0 Å². The second-order valence-electron chi connectivity index (χ2n) is 6.40. The summed E-state index contributed by atoms with van der Waals surface area (Å²) in [4.78, 5) is 12.3. The summed E-state index contributed by atoms with van der Waals surface area (Å²) in [7, 11) is -3.30. The molecule has 7 heteroatoms. The first-order chi connectivity index (χ1) is 10.9. The van der Waals surface area contributed by atoms with E-state index in [4.69, 9.17) is 4.74 Å². The Labute approximate surface area is 136 Å². The summed E-state index contributed by atoms with van der Waals surface area (Å²) in [6, 6.07) is 5.11. The first-order valence-electron chi connectivity index (χ1n) is 7.84. The van der Waals surface area contributed by atoms with Crippen LogP contribution in [0.25, 0.3) is 0 Å². The van der Waals surface area contributed by atoms with Crippen LogP contribution in [-0.2, 0) is 21.2 Å². The van der Waals surface area contributed by atoms with Gasteiger partial charge in [0.1, 0.15) is 0 Å². The van der Waals surface area contributed by atoms with Gasteiger partial charge < -0.3 is 10.1 Å². The highest BCUT2D eigenvalue weighted by atomic mass is 32.2. The lowest BCUT2D eigenvalue weighted by Crippen LogP contribution is -2.34. The van der Waals surface area contributed by atoms with Crippen LogP contribution in [-0.4, -0.2) is 46.4 Å². The molecule has 1 fully saturated rings. The average molecular weight is 338 g/mol. The fraction of sp³-hybridized carbons (Fsp3) is 0.562. The summed E-state index contributed by atoms with van der Waals surface area (Å²) in [5, 5.41) is 2.93. The van der Waals surface area contributed by atoms with Gasteiger partial charge in [-0.05, 0) is 43.5 Å². The maximum absolute atomic E-state index is 12.3. The van der Waals surface area contributed by atoms with E-state index in [0.29, 0.717) is 36.7 Å². The molecule has 23 heavy (non-hydrogen) atoms. The predicted octanol–water partition coefficient (Wildman–Crippen LogP) is 1.16. The van der Waals surface area contributed by atoms with Gasteiger partial charge in [0, 0.05) is 30.7 Å². The minimum absolute atomic E-state index is 0.117. The molecule has 0 bridgehead atoms. The fourth-order valence-corrected chi connectivity index (χ4v) is 4.60. The third-order valence-electron chi connectivity index (χ3n) is 4.43. The summed E-state index contributed by atoms with van der Waals surface area (Å²) < 4.78 is 30.5. The molecule has 6 nitrogen and oxygen atoms in total. The standard InChI is InChI=1S/C16H22N2O4S/c1-11-7-14-8-13(3-4-15(14)18(11)23(2,20)21)16(19)17-9-12-5-6-22-10-12/h3-4,8,11-12H,5-7,9-10H2,1-2H3,(H,17,19)/t11-,12-/m1/s1. The van der Waals surface area contributed by atoms with Crippen LogP contribution >= 0.6 is 0 Å². The first-order valence-corrected chi connectivity index (χ1v) is 9.69. The zero-order valence-electron chi connectivity index (χ0n) is 13.4. The molecule has 1 saturated heterocycles. The number of ether oxygens (including phenoxy) is 1. The Balaban J connectivity index is 1.74. The molecule has 2 atom stereocenters. The Morgan fingerprint density at radius 2 is 2.22 bits per heavy atom. The molecule has 0 spiro atoms. The lowest BCUT2D eigenvalue weighted by Gasteiger charge is -2.21. The number of benzene rings is 1. The number of carbonyl (C=O) groups is 1. The van der Waals surface area contributed by atoms with Gasteiger partial charge in [-0.2, -0.15) is 0 Å². The molecular weight excluding hydrogens is 316 g/mol. The van der Waals surface area contributed by atoms with Gasteiger partial charge in [0.25, 0.3) is 5.91 Å². The molecular formula is C16H22N2O4S. The zero-order chi connectivity index (χ0) is 16.6. The summed E-state index contributed by atoms with van der Waals surface area (Å²) in [5.74, 6) is 0.263. The molecule has 0 saturated carbocycles. The average Bonchev–Trinajstić information content (AvgIpc) is 3.09. The second kappa shape index (κ2) is 6.13. The van der Waals surface area contributed by atoms with Crippen molar-refractivity contribution in [1.29, 1.82) is 0 Å². The number of fused-ring (bicyclic) bond motifs is 1. The molecule has 0 unspecified atom stereocenters. The number of amides is 1. The van der Waals surface area contributed by atoms with Crippen LogP contribution in [0.5, 0.6) is 0 Å². The van der Waals surface area contributed by atoms with Crippen molar-refractivity contribution < 1.29 is 17.9 Å². The van der Waals surface area contributed by atoms with Crippen molar-refractivity contribution in [3.63, 3.8) is 0 Å². The highest BCUT2D eigenvalue weighted by Gasteiger charge is 2.32. The molecule has 1 N–H and O–H groups in total. The molecule has 0 radical (unpaired) electrons. The van der Waals surface area contributed by atoms with Gasteiger partial charge in [0.2, 0.25) is 10.0 Å². The van der Waals surface area contributed by atoms with Crippen LogP contribution in [0, 0.1) is 5.92 Å². The highest BCUT2D eigenvalue weighted by Crippen LogP contribution is 2.34. The van der Waals surface area contributed by atoms with Crippen LogP contribution in [0.3, 0.4) is 0 Å². The van der Waals surface area contributed by atoms with Gasteiger partial charge in [-0.3, -0.25) is 9.10 Å². The third kappa shape index (κ3) is 3.35. The Morgan fingerprint density at radius 3 is 2.87 bits per heavy atom. The van der Waals surface area contributed by atoms with E-state index in [-0.39, 0.29) is 11.9 Å². The molecule has 1 aromatic carbocycles. The molecule has 2 aliphatic heterocycles. The van der Waals surface area contributed by atoms with Crippen LogP contribution in [0.15, 0.2) is 18.2 Å². The Bertz CT molecular complexity index is 711. The van der Waals surface area contributed by atoms with Gasteiger partial charge in [-0.25, -0.2) is 8.42 Å². The summed E-state index contributed by atoms with van der Waals surface area (Å²) in [6.07, 6.45) is 2.81. The van der Waals surface area contributed by atoms with E-state index in [9.17, 15) is 13.2 Å².